The largest absolute Gasteiger partial charge is 0.478 e. The molecule has 3 N–H and O–H groups in total. The maximum absolute atomic E-state index is 11.0. The first-order chi connectivity index (χ1) is 8.15. The summed E-state index contributed by atoms with van der Waals surface area (Å²) in [5.74, 6) is -0.995. The van der Waals surface area contributed by atoms with E-state index in [1.54, 1.807) is 12.1 Å². The Morgan fingerprint density at radius 3 is 2.71 bits per heavy atom. The van der Waals surface area contributed by atoms with Crippen LogP contribution in [0.1, 0.15) is 29.6 Å². The monoisotopic (exact) mass is 257 g/mol. The number of nitrogens with one attached hydrogen (secondary N) is 1. The average molecular weight is 258 g/mol. The highest BCUT2D eigenvalue weighted by molar-refractivity contribution is 6.31. The second-order valence-corrected chi connectivity index (χ2v) is 4.14. The molecule has 1 rings (SSSR count). The molecule has 0 heterocycles. The molecule has 0 aromatic heterocycles. The highest BCUT2D eigenvalue weighted by Crippen LogP contribution is 2.20. The third-order valence-corrected chi connectivity index (χ3v) is 2.60. The maximum atomic E-state index is 11.0. The molecule has 1 aromatic carbocycles. The summed E-state index contributed by atoms with van der Waals surface area (Å²) in [5.41, 5.74) is 0.755. The Morgan fingerprint density at radius 2 is 2.06 bits per heavy atom. The van der Waals surface area contributed by atoms with Crippen LogP contribution in [-0.4, -0.2) is 29.3 Å². The number of carbonyl (C=O) groups is 1. The number of anilines is 1. The molecule has 17 heavy (non-hydrogen) atoms. The van der Waals surface area contributed by atoms with Crippen LogP contribution in [0.4, 0.5) is 5.69 Å². The van der Waals surface area contributed by atoms with Crippen LogP contribution in [0.3, 0.4) is 0 Å². The van der Waals surface area contributed by atoms with Gasteiger partial charge in [0.1, 0.15) is 0 Å². The number of hydrogen-bond acceptors (Lipinski definition) is 3. The SMILES string of the molecule is O=C(O)c1cc(Cl)ccc1NCCCCCO. The van der Waals surface area contributed by atoms with Crippen LogP contribution in [-0.2, 0) is 0 Å². The number of aromatic carboxylic acids is 1. The van der Waals surface area contributed by atoms with Crippen molar-refractivity contribution in [3.05, 3.63) is 28.8 Å². The summed E-state index contributed by atoms with van der Waals surface area (Å²) < 4.78 is 0. The van der Waals surface area contributed by atoms with Crippen LogP contribution >= 0.6 is 11.6 Å². The molecular formula is C12H16ClNO3. The van der Waals surface area contributed by atoms with Crippen molar-refractivity contribution in [3.63, 3.8) is 0 Å². The van der Waals surface area contributed by atoms with Crippen LogP contribution in [0.5, 0.6) is 0 Å². The molecule has 0 bridgehead atoms. The Balaban J connectivity index is 2.55. The standard InChI is InChI=1S/C12H16ClNO3/c13-9-4-5-11(10(8-9)12(16)17)14-6-2-1-3-7-15/h4-5,8,14-15H,1-3,6-7H2,(H,16,17). The minimum Gasteiger partial charge on any atom is -0.478 e. The zero-order valence-electron chi connectivity index (χ0n) is 9.45. The van der Waals surface area contributed by atoms with E-state index >= 15 is 0 Å². The summed E-state index contributed by atoms with van der Waals surface area (Å²) in [6.07, 6.45) is 2.58. The molecule has 0 radical (unpaired) electrons. The Morgan fingerprint density at radius 1 is 1.29 bits per heavy atom. The first-order valence-corrected chi connectivity index (χ1v) is 5.90. The summed E-state index contributed by atoms with van der Waals surface area (Å²) in [6, 6.07) is 4.75. The molecule has 0 saturated heterocycles. The van der Waals surface area contributed by atoms with Gasteiger partial charge in [-0.15, -0.1) is 0 Å². The quantitative estimate of drug-likeness (QED) is 0.657. The predicted octanol–water partition coefficient (Wildman–Crippen LogP) is 2.61. The molecule has 94 valence electrons. The Hall–Kier alpha value is -1.26. The lowest BCUT2D eigenvalue weighted by Crippen LogP contribution is -2.07. The molecule has 0 spiro atoms. The van der Waals surface area contributed by atoms with Crippen molar-refractivity contribution in [2.45, 2.75) is 19.3 Å². The van der Waals surface area contributed by atoms with E-state index in [1.165, 1.54) is 6.07 Å². The molecule has 1 aromatic rings. The molecule has 0 fully saturated rings. The summed E-state index contributed by atoms with van der Waals surface area (Å²) in [6.45, 7) is 0.878. The molecule has 0 atom stereocenters. The number of halogens is 1. The van der Waals surface area contributed by atoms with Gasteiger partial charge < -0.3 is 15.5 Å². The van der Waals surface area contributed by atoms with E-state index in [9.17, 15) is 4.79 Å². The topological polar surface area (TPSA) is 69.6 Å². The fraction of sp³-hybridized carbons (Fsp3) is 0.417. The Bertz CT molecular complexity index is 382. The molecular weight excluding hydrogens is 242 g/mol. The van der Waals surface area contributed by atoms with Crippen molar-refractivity contribution in [2.75, 3.05) is 18.5 Å². The fourth-order valence-corrected chi connectivity index (χ4v) is 1.66. The first kappa shape index (κ1) is 13.8. The van der Waals surface area contributed by atoms with Gasteiger partial charge in [0.15, 0.2) is 0 Å². The van der Waals surface area contributed by atoms with E-state index < -0.39 is 5.97 Å². The summed E-state index contributed by atoms with van der Waals surface area (Å²) in [4.78, 5) is 11.0. The number of aliphatic hydroxyl groups excluding tert-OH is 1. The predicted molar refractivity (Wildman–Crippen MR) is 67.8 cm³/mol. The van der Waals surface area contributed by atoms with Crippen LogP contribution in [0.2, 0.25) is 5.02 Å². The van der Waals surface area contributed by atoms with Crippen molar-refractivity contribution in [2.24, 2.45) is 0 Å². The molecule has 0 saturated carbocycles. The number of unbranched alkanes of at least 4 members (excludes halogenated alkanes) is 2. The van der Waals surface area contributed by atoms with E-state index in [0.717, 1.165) is 19.3 Å². The van der Waals surface area contributed by atoms with Crippen LogP contribution in [0.15, 0.2) is 18.2 Å². The van der Waals surface area contributed by atoms with Gasteiger partial charge >= 0.3 is 5.97 Å². The minimum atomic E-state index is -0.995. The molecule has 4 nitrogen and oxygen atoms in total. The van der Waals surface area contributed by atoms with Gasteiger partial charge in [0, 0.05) is 23.9 Å². The van der Waals surface area contributed by atoms with Crippen molar-refractivity contribution < 1.29 is 15.0 Å². The van der Waals surface area contributed by atoms with E-state index in [4.69, 9.17) is 21.8 Å². The fourth-order valence-electron chi connectivity index (χ4n) is 1.48. The van der Waals surface area contributed by atoms with Crippen molar-refractivity contribution >= 4 is 23.3 Å². The number of carboxylic acids is 1. The molecule has 0 aliphatic heterocycles. The third-order valence-electron chi connectivity index (χ3n) is 2.36. The van der Waals surface area contributed by atoms with Crippen LogP contribution in [0, 0.1) is 0 Å². The van der Waals surface area contributed by atoms with Gasteiger partial charge in [0.25, 0.3) is 0 Å². The smallest absolute Gasteiger partial charge is 0.337 e. The number of rotatable bonds is 7. The third kappa shape index (κ3) is 4.63. The molecule has 0 amide bonds. The molecule has 5 heteroatoms. The zero-order chi connectivity index (χ0) is 12.7. The average Bonchev–Trinajstić information content (AvgIpc) is 2.30. The van der Waals surface area contributed by atoms with E-state index in [1.807, 2.05) is 0 Å². The van der Waals surface area contributed by atoms with Gasteiger partial charge in [-0.3, -0.25) is 0 Å². The van der Waals surface area contributed by atoms with Gasteiger partial charge in [0.2, 0.25) is 0 Å². The van der Waals surface area contributed by atoms with Gasteiger partial charge in [-0.05, 0) is 37.5 Å². The number of carboxylic acid groups (broad SMARTS) is 1. The normalized spacial score (nSPS) is 10.2. The van der Waals surface area contributed by atoms with E-state index in [-0.39, 0.29) is 12.2 Å². The van der Waals surface area contributed by atoms with E-state index in [2.05, 4.69) is 5.32 Å². The second kappa shape index (κ2) is 7.14. The minimum absolute atomic E-state index is 0.180. The Kier molecular flexibility index (Phi) is 5.80. The van der Waals surface area contributed by atoms with Crippen molar-refractivity contribution in [3.8, 4) is 0 Å². The van der Waals surface area contributed by atoms with Crippen LogP contribution < -0.4 is 5.32 Å². The summed E-state index contributed by atoms with van der Waals surface area (Å²) in [5, 5.41) is 21.1. The van der Waals surface area contributed by atoms with Crippen LogP contribution in [0.25, 0.3) is 0 Å². The molecule has 0 unspecified atom stereocenters. The first-order valence-electron chi connectivity index (χ1n) is 5.52. The lowest BCUT2D eigenvalue weighted by Gasteiger charge is -2.09. The lowest BCUT2D eigenvalue weighted by molar-refractivity contribution is 0.0698. The zero-order valence-corrected chi connectivity index (χ0v) is 10.2. The number of benzene rings is 1. The molecule has 0 aliphatic rings. The lowest BCUT2D eigenvalue weighted by atomic mass is 10.1. The van der Waals surface area contributed by atoms with Crippen molar-refractivity contribution in [1.82, 2.24) is 0 Å². The van der Waals surface area contributed by atoms with Gasteiger partial charge in [0.05, 0.1) is 5.56 Å². The summed E-state index contributed by atoms with van der Waals surface area (Å²) in [7, 11) is 0. The van der Waals surface area contributed by atoms with Gasteiger partial charge in [-0.2, -0.15) is 0 Å². The van der Waals surface area contributed by atoms with Crippen molar-refractivity contribution in [1.29, 1.82) is 0 Å². The van der Waals surface area contributed by atoms with E-state index in [0.29, 0.717) is 17.3 Å². The van der Waals surface area contributed by atoms with Gasteiger partial charge in [-0.1, -0.05) is 11.6 Å². The number of hydrogen-bond donors (Lipinski definition) is 3. The number of aliphatic hydroxyl groups is 1. The maximum Gasteiger partial charge on any atom is 0.337 e. The highest BCUT2D eigenvalue weighted by Gasteiger charge is 2.09. The Labute approximate surface area is 105 Å². The van der Waals surface area contributed by atoms with Gasteiger partial charge in [-0.25, -0.2) is 4.79 Å². The highest BCUT2D eigenvalue weighted by atomic mass is 35.5. The second-order valence-electron chi connectivity index (χ2n) is 3.71. The molecule has 0 aliphatic carbocycles. The summed E-state index contributed by atoms with van der Waals surface area (Å²) >= 11 is 5.74.